The molecule has 3 heteroatoms. The number of hydrogen-bond donors (Lipinski definition) is 2. The second-order valence-electron chi connectivity index (χ2n) is 4.15. The molecule has 2 N–H and O–H groups in total. The van der Waals surface area contributed by atoms with Gasteiger partial charge in [-0.05, 0) is 43.2 Å². The summed E-state index contributed by atoms with van der Waals surface area (Å²) in [6.07, 6.45) is 3.59. The summed E-state index contributed by atoms with van der Waals surface area (Å²) in [5.41, 5.74) is 3.23. The zero-order chi connectivity index (χ0) is 12.3. The third-order valence-electron chi connectivity index (χ3n) is 2.78. The number of phenols is 1. The fourth-order valence-corrected chi connectivity index (χ4v) is 1.73. The van der Waals surface area contributed by atoms with E-state index in [2.05, 4.69) is 17.2 Å². The molecule has 0 amide bonds. The summed E-state index contributed by atoms with van der Waals surface area (Å²) < 4.78 is 0. The molecule has 0 bridgehead atoms. The maximum Gasteiger partial charge on any atom is 0.115 e. The number of benzene rings is 1. The first kappa shape index (κ1) is 11.5. The second kappa shape index (κ2) is 4.87. The van der Waals surface area contributed by atoms with E-state index in [1.807, 2.05) is 31.3 Å². The molecule has 0 aliphatic heterocycles. The maximum atomic E-state index is 9.44. The van der Waals surface area contributed by atoms with E-state index in [-0.39, 0.29) is 6.04 Å². The van der Waals surface area contributed by atoms with Crippen LogP contribution >= 0.6 is 0 Å². The molecular formula is C14H16N2O. The highest BCUT2D eigenvalue weighted by atomic mass is 16.3. The lowest BCUT2D eigenvalue weighted by atomic mass is 10.1. The fourth-order valence-electron chi connectivity index (χ4n) is 1.73. The molecule has 1 heterocycles. The Kier molecular flexibility index (Phi) is 3.28. The summed E-state index contributed by atoms with van der Waals surface area (Å²) in [4.78, 5) is 4.10. The second-order valence-corrected chi connectivity index (χ2v) is 4.15. The number of aromatic nitrogens is 1. The van der Waals surface area contributed by atoms with Crippen molar-refractivity contribution >= 4 is 5.69 Å². The van der Waals surface area contributed by atoms with Crippen molar-refractivity contribution in [1.82, 2.24) is 4.98 Å². The van der Waals surface area contributed by atoms with Crippen LogP contribution < -0.4 is 5.32 Å². The van der Waals surface area contributed by atoms with Gasteiger partial charge in [0.15, 0.2) is 0 Å². The van der Waals surface area contributed by atoms with Gasteiger partial charge >= 0.3 is 0 Å². The molecule has 88 valence electrons. The molecule has 1 aromatic carbocycles. The van der Waals surface area contributed by atoms with Gasteiger partial charge < -0.3 is 10.4 Å². The zero-order valence-corrected chi connectivity index (χ0v) is 10.0. The van der Waals surface area contributed by atoms with Gasteiger partial charge in [-0.15, -0.1) is 0 Å². The summed E-state index contributed by atoms with van der Waals surface area (Å²) in [6, 6.07) is 9.37. The van der Waals surface area contributed by atoms with Gasteiger partial charge in [-0.3, -0.25) is 4.98 Å². The number of rotatable bonds is 3. The fraction of sp³-hybridized carbons (Fsp3) is 0.214. The third-order valence-corrected chi connectivity index (χ3v) is 2.78. The minimum absolute atomic E-state index is 0.130. The minimum Gasteiger partial charge on any atom is -0.508 e. The van der Waals surface area contributed by atoms with E-state index >= 15 is 0 Å². The van der Waals surface area contributed by atoms with Crippen LogP contribution in [0.3, 0.4) is 0 Å². The van der Waals surface area contributed by atoms with Gasteiger partial charge in [-0.2, -0.15) is 0 Å². The van der Waals surface area contributed by atoms with Crippen LogP contribution in [0, 0.1) is 6.92 Å². The molecule has 0 spiro atoms. The SMILES string of the molecule is Cc1ccncc1NC(C)c1cccc(O)c1. The number of hydrogen-bond acceptors (Lipinski definition) is 3. The number of phenolic OH excluding ortho intramolecular Hbond substituents is 1. The van der Waals surface area contributed by atoms with Crippen molar-refractivity contribution in [3.63, 3.8) is 0 Å². The highest BCUT2D eigenvalue weighted by Gasteiger charge is 2.07. The number of nitrogens with one attached hydrogen (secondary N) is 1. The number of pyridine rings is 1. The molecule has 0 aliphatic rings. The van der Waals surface area contributed by atoms with Crippen LogP contribution in [0.4, 0.5) is 5.69 Å². The standard InChI is InChI=1S/C14H16N2O/c1-10-6-7-15-9-14(10)16-11(2)12-4-3-5-13(17)8-12/h3-9,11,16-17H,1-2H3. The lowest BCUT2D eigenvalue weighted by molar-refractivity contribution is 0.474. The normalized spacial score (nSPS) is 12.1. The lowest BCUT2D eigenvalue weighted by Crippen LogP contribution is -2.07. The Morgan fingerprint density at radius 3 is 2.82 bits per heavy atom. The van der Waals surface area contributed by atoms with Crippen LogP contribution in [0.2, 0.25) is 0 Å². The van der Waals surface area contributed by atoms with E-state index < -0.39 is 0 Å². The maximum absolute atomic E-state index is 9.44. The Morgan fingerprint density at radius 2 is 2.12 bits per heavy atom. The molecule has 0 fully saturated rings. The molecule has 0 saturated heterocycles. The van der Waals surface area contributed by atoms with E-state index in [0.717, 1.165) is 16.8 Å². The quantitative estimate of drug-likeness (QED) is 0.847. The summed E-state index contributed by atoms with van der Waals surface area (Å²) in [6.45, 7) is 4.10. The van der Waals surface area contributed by atoms with Gasteiger partial charge in [-0.25, -0.2) is 0 Å². The Hall–Kier alpha value is -2.03. The average molecular weight is 228 g/mol. The molecule has 2 rings (SSSR count). The Morgan fingerprint density at radius 1 is 1.29 bits per heavy atom. The topological polar surface area (TPSA) is 45.2 Å². The molecule has 1 unspecified atom stereocenters. The summed E-state index contributed by atoms with van der Waals surface area (Å²) in [5, 5.41) is 12.8. The zero-order valence-electron chi connectivity index (χ0n) is 10.0. The Labute approximate surface area is 101 Å². The first-order chi connectivity index (χ1) is 8.16. The van der Waals surface area contributed by atoms with Gasteiger partial charge in [0, 0.05) is 12.2 Å². The van der Waals surface area contributed by atoms with Crippen LogP contribution in [0.15, 0.2) is 42.7 Å². The van der Waals surface area contributed by atoms with Gasteiger partial charge in [0.25, 0.3) is 0 Å². The van der Waals surface area contributed by atoms with Crippen LogP contribution in [0.1, 0.15) is 24.1 Å². The number of aromatic hydroxyl groups is 1. The Balaban J connectivity index is 2.17. The van der Waals surface area contributed by atoms with Crippen molar-refractivity contribution in [2.75, 3.05) is 5.32 Å². The summed E-state index contributed by atoms with van der Waals surface area (Å²) >= 11 is 0. The van der Waals surface area contributed by atoms with Crippen LogP contribution in [0.5, 0.6) is 5.75 Å². The Bertz CT molecular complexity index is 511. The monoisotopic (exact) mass is 228 g/mol. The van der Waals surface area contributed by atoms with Crippen molar-refractivity contribution in [1.29, 1.82) is 0 Å². The molecule has 1 aromatic heterocycles. The van der Waals surface area contributed by atoms with E-state index in [1.165, 1.54) is 0 Å². The highest BCUT2D eigenvalue weighted by molar-refractivity contribution is 5.50. The number of aryl methyl sites for hydroxylation is 1. The van der Waals surface area contributed by atoms with Crippen LogP contribution in [0.25, 0.3) is 0 Å². The van der Waals surface area contributed by atoms with Crippen molar-refractivity contribution in [2.24, 2.45) is 0 Å². The molecule has 3 nitrogen and oxygen atoms in total. The first-order valence-corrected chi connectivity index (χ1v) is 5.63. The molecule has 1 atom stereocenters. The largest absolute Gasteiger partial charge is 0.508 e. The predicted octanol–water partition coefficient (Wildman–Crippen LogP) is 3.27. The van der Waals surface area contributed by atoms with E-state index in [1.54, 1.807) is 18.3 Å². The molecule has 0 saturated carbocycles. The van der Waals surface area contributed by atoms with Crippen molar-refractivity contribution in [3.8, 4) is 5.75 Å². The van der Waals surface area contributed by atoms with Crippen molar-refractivity contribution in [2.45, 2.75) is 19.9 Å². The number of anilines is 1. The lowest BCUT2D eigenvalue weighted by Gasteiger charge is -2.17. The highest BCUT2D eigenvalue weighted by Crippen LogP contribution is 2.23. The average Bonchev–Trinajstić information content (AvgIpc) is 2.32. The molecule has 2 aromatic rings. The van der Waals surface area contributed by atoms with E-state index in [9.17, 15) is 5.11 Å². The number of nitrogens with zero attached hydrogens (tertiary/aromatic N) is 1. The van der Waals surface area contributed by atoms with Crippen molar-refractivity contribution in [3.05, 3.63) is 53.9 Å². The molecule has 17 heavy (non-hydrogen) atoms. The molecule has 0 aliphatic carbocycles. The van der Waals surface area contributed by atoms with Crippen LogP contribution in [-0.2, 0) is 0 Å². The smallest absolute Gasteiger partial charge is 0.115 e. The predicted molar refractivity (Wildman–Crippen MR) is 69.1 cm³/mol. The minimum atomic E-state index is 0.130. The summed E-state index contributed by atoms with van der Waals surface area (Å²) in [7, 11) is 0. The summed E-state index contributed by atoms with van der Waals surface area (Å²) in [5.74, 6) is 0.291. The van der Waals surface area contributed by atoms with Gasteiger partial charge in [0.05, 0.1) is 11.9 Å². The van der Waals surface area contributed by atoms with E-state index in [0.29, 0.717) is 5.75 Å². The van der Waals surface area contributed by atoms with E-state index in [4.69, 9.17) is 0 Å². The first-order valence-electron chi connectivity index (χ1n) is 5.63. The van der Waals surface area contributed by atoms with Crippen molar-refractivity contribution < 1.29 is 5.11 Å². The van der Waals surface area contributed by atoms with Crippen LogP contribution in [-0.4, -0.2) is 10.1 Å². The van der Waals surface area contributed by atoms with Gasteiger partial charge in [0.1, 0.15) is 5.75 Å². The van der Waals surface area contributed by atoms with Gasteiger partial charge in [-0.1, -0.05) is 12.1 Å². The van der Waals surface area contributed by atoms with Gasteiger partial charge in [0.2, 0.25) is 0 Å². The third kappa shape index (κ3) is 2.75. The molecular weight excluding hydrogens is 212 g/mol. The molecule has 0 radical (unpaired) electrons.